The molecule has 0 amide bonds. The Morgan fingerprint density at radius 2 is 1.86 bits per heavy atom. The second-order valence-electron chi connectivity index (χ2n) is 7.76. The predicted molar refractivity (Wildman–Crippen MR) is 129 cm³/mol. The Hall–Kier alpha value is -1.06. The number of nitrogens with zero attached hydrogens (tertiary/aromatic N) is 2. The molecule has 164 valence electrons. The van der Waals surface area contributed by atoms with Crippen LogP contribution in [0.15, 0.2) is 29.3 Å². The summed E-state index contributed by atoms with van der Waals surface area (Å²) in [6.07, 6.45) is 8.02. The van der Waals surface area contributed by atoms with Crippen LogP contribution in [0.5, 0.6) is 5.75 Å². The summed E-state index contributed by atoms with van der Waals surface area (Å²) >= 11 is 0. The number of methoxy groups -OCH3 is 1. The topological polar surface area (TPSA) is 58.1 Å². The van der Waals surface area contributed by atoms with Crippen LogP contribution in [0, 0.1) is 0 Å². The highest BCUT2D eigenvalue weighted by atomic mass is 127. The number of ether oxygens (including phenoxy) is 2. The molecule has 2 N–H and O–H groups in total. The Bertz CT molecular complexity index is 615. The van der Waals surface area contributed by atoms with Gasteiger partial charge in [-0.2, -0.15) is 0 Å². The van der Waals surface area contributed by atoms with Gasteiger partial charge < -0.3 is 25.0 Å². The first-order valence-corrected chi connectivity index (χ1v) is 10.7. The lowest BCUT2D eigenvalue weighted by Gasteiger charge is -2.36. The van der Waals surface area contributed by atoms with Gasteiger partial charge in [0.15, 0.2) is 5.96 Å². The molecule has 1 aromatic rings. The maximum atomic E-state index is 5.79. The summed E-state index contributed by atoms with van der Waals surface area (Å²) in [5.41, 5.74) is 1.07. The van der Waals surface area contributed by atoms with Gasteiger partial charge in [0.25, 0.3) is 0 Å². The molecule has 1 aliphatic carbocycles. The molecule has 1 aromatic carbocycles. The molecule has 1 heterocycles. The fraction of sp³-hybridized carbons (Fsp3) is 0.682. The Balaban J connectivity index is 0.00000300. The molecular formula is C22H37IN4O2. The van der Waals surface area contributed by atoms with Gasteiger partial charge in [-0.3, -0.25) is 4.99 Å². The normalized spacial score (nSPS) is 19.0. The van der Waals surface area contributed by atoms with E-state index in [2.05, 4.69) is 20.5 Å². The fourth-order valence-corrected chi connectivity index (χ4v) is 4.31. The van der Waals surface area contributed by atoms with Crippen molar-refractivity contribution in [3.63, 3.8) is 0 Å². The van der Waals surface area contributed by atoms with Gasteiger partial charge in [-0.05, 0) is 31.7 Å². The number of nitrogens with one attached hydrogen (secondary N) is 2. The van der Waals surface area contributed by atoms with Gasteiger partial charge >= 0.3 is 0 Å². The zero-order chi connectivity index (χ0) is 19.6. The second-order valence-corrected chi connectivity index (χ2v) is 7.76. The molecule has 0 unspecified atom stereocenters. The summed E-state index contributed by atoms with van der Waals surface area (Å²) in [4.78, 5) is 7.07. The minimum atomic E-state index is 0. The summed E-state index contributed by atoms with van der Waals surface area (Å²) in [5.74, 6) is 1.75. The summed E-state index contributed by atoms with van der Waals surface area (Å²) in [6, 6.07) is 9.32. The molecule has 0 bridgehead atoms. The first-order valence-electron chi connectivity index (χ1n) is 10.7. The van der Waals surface area contributed by atoms with E-state index in [1.807, 2.05) is 31.3 Å². The van der Waals surface area contributed by atoms with Crippen LogP contribution in [0.2, 0.25) is 0 Å². The van der Waals surface area contributed by atoms with Gasteiger partial charge in [-0.15, -0.1) is 24.0 Å². The number of halogens is 1. The fourth-order valence-electron chi connectivity index (χ4n) is 4.31. The van der Waals surface area contributed by atoms with E-state index in [1.54, 1.807) is 7.11 Å². The van der Waals surface area contributed by atoms with Crippen molar-refractivity contribution in [3.05, 3.63) is 29.8 Å². The molecule has 1 saturated heterocycles. The Labute approximate surface area is 192 Å². The average molecular weight is 516 g/mol. The standard InChI is InChI=1S/C22H36N4O2.HI/c1-23-22(24-13-16-28-17-18-7-3-6-10-21(18)27-2)25-19-11-14-26(15-12-19)20-8-4-5-9-20;/h3,6-7,10,19-20H,4-5,8-9,11-17H2,1-2H3,(H2,23,24,25);1H. The van der Waals surface area contributed by atoms with E-state index in [4.69, 9.17) is 9.47 Å². The molecule has 0 radical (unpaired) electrons. The molecule has 1 saturated carbocycles. The van der Waals surface area contributed by atoms with Crippen molar-refractivity contribution in [3.8, 4) is 5.75 Å². The third-order valence-corrected chi connectivity index (χ3v) is 5.92. The van der Waals surface area contributed by atoms with Gasteiger partial charge in [-0.1, -0.05) is 31.0 Å². The molecule has 0 atom stereocenters. The van der Waals surface area contributed by atoms with Crippen LogP contribution >= 0.6 is 24.0 Å². The highest BCUT2D eigenvalue weighted by Gasteiger charge is 2.27. The highest BCUT2D eigenvalue weighted by Crippen LogP contribution is 2.26. The number of benzene rings is 1. The van der Waals surface area contributed by atoms with Crippen LogP contribution in [-0.2, 0) is 11.3 Å². The molecule has 29 heavy (non-hydrogen) atoms. The van der Waals surface area contributed by atoms with E-state index in [0.29, 0.717) is 19.3 Å². The molecule has 7 heteroatoms. The third-order valence-electron chi connectivity index (χ3n) is 5.92. The molecule has 0 aromatic heterocycles. The minimum Gasteiger partial charge on any atom is -0.496 e. The van der Waals surface area contributed by atoms with Crippen molar-refractivity contribution in [2.75, 3.05) is 40.4 Å². The largest absolute Gasteiger partial charge is 0.496 e. The van der Waals surface area contributed by atoms with Gasteiger partial charge in [0.1, 0.15) is 5.75 Å². The van der Waals surface area contributed by atoms with E-state index < -0.39 is 0 Å². The van der Waals surface area contributed by atoms with Crippen molar-refractivity contribution >= 4 is 29.9 Å². The van der Waals surface area contributed by atoms with Gasteiger partial charge in [0.05, 0.1) is 20.3 Å². The monoisotopic (exact) mass is 516 g/mol. The summed E-state index contributed by atoms with van der Waals surface area (Å²) in [7, 11) is 3.52. The number of hydrogen-bond acceptors (Lipinski definition) is 4. The first kappa shape index (κ1) is 24.2. The molecule has 2 aliphatic rings. The zero-order valence-electron chi connectivity index (χ0n) is 17.9. The average Bonchev–Trinajstić information content (AvgIpc) is 3.28. The van der Waals surface area contributed by atoms with Crippen LogP contribution in [0.3, 0.4) is 0 Å². The van der Waals surface area contributed by atoms with E-state index in [0.717, 1.165) is 29.9 Å². The molecule has 0 spiro atoms. The number of rotatable bonds is 8. The van der Waals surface area contributed by atoms with E-state index >= 15 is 0 Å². The molecule has 1 aliphatic heterocycles. The number of likely N-dealkylation sites (tertiary alicyclic amines) is 1. The molecule has 6 nitrogen and oxygen atoms in total. The summed E-state index contributed by atoms with van der Waals surface area (Å²) in [5, 5.41) is 6.95. The smallest absolute Gasteiger partial charge is 0.191 e. The highest BCUT2D eigenvalue weighted by molar-refractivity contribution is 14.0. The van der Waals surface area contributed by atoms with Crippen molar-refractivity contribution in [1.82, 2.24) is 15.5 Å². The van der Waals surface area contributed by atoms with Crippen LogP contribution < -0.4 is 15.4 Å². The van der Waals surface area contributed by atoms with Crippen LogP contribution in [0.4, 0.5) is 0 Å². The van der Waals surface area contributed by atoms with Crippen molar-refractivity contribution in [2.24, 2.45) is 4.99 Å². The Morgan fingerprint density at radius 3 is 2.55 bits per heavy atom. The molecule has 2 fully saturated rings. The SMILES string of the molecule is CN=C(NCCOCc1ccccc1OC)NC1CCN(C2CCCC2)CC1.I. The number of para-hydroxylation sites is 1. The second kappa shape index (κ2) is 13.3. The van der Waals surface area contributed by atoms with Crippen LogP contribution in [-0.4, -0.2) is 63.3 Å². The summed E-state index contributed by atoms with van der Waals surface area (Å²) < 4.78 is 11.1. The van der Waals surface area contributed by atoms with Crippen molar-refractivity contribution in [2.45, 2.75) is 57.2 Å². The van der Waals surface area contributed by atoms with Crippen LogP contribution in [0.25, 0.3) is 0 Å². The lowest BCUT2D eigenvalue weighted by Crippen LogP contribution is -2.50. The van der Waals surface area contributed by atoms with Gasteiger partial charge in [-0.25, -0.2) is 0 Å². The number of piperidine rings is 1. The maximum Gasteiger partial charge on any atom is 0.191 e. The van der Waals surface area contributed by atoms with E-state index in [1.165, 1.54) is 51.6 Å². The number of hydrogen-bond donors (Lipinski definition) is 2. The summed E-state index contributed by atoms with van der Waals surface area (Å²) in [6.45, 7) is 4.33. The minimum absolute atomic E-state index is 0. The maximum absolute atomic E-state index is 5.79. The van der Waals surface area contributed by atoms with E-state index in [9.17, 15) is 0 Å². The quantitative estimate of drug-likeness (QED) is 0.240. The van der Waals surface area contributed by atoms with Crippen molar-refractivity contribution < 1.29 is 9.47 Å². The van der Waals surface area contributed by atoms with Crippen molar-refractivity contribution in [1.29, 1.82) is 0 Å². The van der Waals surface area contributed by atoms with Gasteiger partial charge in [0.2, 0.25) is 0 Å². The lowest BCUT2D eigenvalue weighted by molar-refractivity contribution is 0.123. The van der Waals surface area contributed by atoms with Crippen LogP contribution in [0.1, 0.15) is 44.1 Å². The Kier molecular flexibility index (Phi) is 11.1. The lowest BCUT2D eigenvalue weighted by atomic mass is 10.0. The molecular weight excluding hydrogens is 479 g/mol. The Morgan fingerprint density at radius 1 is 1.14 bits per heavy atom. The van der Waals surface area contributed by atoms with Gasteiger partial charge in [0, 0.05) is 44.3 Å². The zero-order valence-corrected chi connectivity index (χ0v) is 20.2. The predicted octanol–water partition coefficient (Wildman–Crippen LogP) is 3.40. The number of guanidine groups is 1. The van der Waals surface area contributed by atoms with E-state index in [-0.39, 0.29) is 24.0 Å². The molecule has 3 rings (SSSR count). The first-order chi connectivity index (χ1) is 13.8. The number of aliphatic imine (C=N–C) groups is 1. The third kappa shape index (κ3) is 7.61.